The molecule has 2 N–H and O–H groups in total. The average Bonchev–Trinajstić information content (AvgIpc) is 2.13. The van der Waals surface area contributed by atoms with Crippen LogP contribution in [0.5, 0.6) is 0 Å². The van der Waals surface area contributed by atoms with Crippen LogP contribution in [0.4, 0.5) is 26.3 Å². The van der Waals surface area contributed by atoms with E-state index in [1.165, 1.54) is 0 Å². The molecule has 0 atom stereocenters. The average molecular weight is 337 g/mol. The zero-order valence-electron chi connectivity index (χ0n) is 8.99. The smallest absolute Gasteiger partial charge is 0.330 e. The minimum absolute atomic E-state index is 0.461. The maximum Gasteiger partial charge on any atom is 0.498 e. The van der Waals surface area contributed by atoms with Crippen LogP contribution in [0.25, 0.3) is 0 Å². The lowest BCUT2D eigenvalue weighted by Crippen LogP contribution is -2.45. The Bertz CT molecular complexity index is 461. The Balaban J connectivity index is 5.90. The van der Waals surface area contributed by atoms with E-state index in [1.807, 2.05) is 0 Å². The first kappa shape index (κ1) is 18.4. The molecule has 0 aromatic heterocycles. The molecule has 0 heterocycles. The highest BCUT2D eigenvalue weighted by Crippen LogP contribution is 2.37. The summed E-state index contributed by atoms with van der Waals surface area (Å²) in [6, 6.07) is 0. The second kappa shape index (κ2) is 5.44. The van der Waals surface area contributed by atoms with E-state index >= 15 is 0 Å². The summed E-state index contributed by atoms with van der Waals surface area (Å²) in [5.74, 6) is 0. The van der Waals surface area contributed by atoms with Gasteiger partial charge >= 0.3 is 11.0 Å². The van der Waals surface area contributed by atoms with Crippen LogP contribution < -0.4 is 5.73 Å². The van der Waals surface area contributed by atoms with Gasteiger partial charge in [0.15, 0.2) is 4.58 Å². The van der Waals surface area contributed by atoms with Crippen LogP contribution in [0.1, 0.15) is 12.8 Å². The third-order valence-electron chi connectivity index (χ3n) is 1.98. The third kappa shape index (κ3) is 3.72. The fourth-order valence-corrected chi connectivity index (χ4v) is 4.60. The first-order chi connectivity index (χ1) is 8.19. The molecule has 0 saturated heterocycles. The van der Waals surface area contributed by atoms with Gasteiger partial charge in [-0.3, -0.25) is 0 Å². The fraction of sp³-hybridized carbons (Fsp3) is 1.00. The quantitative estimate of drug-likeness (QED) is 0.753. The fourth-order valence-electron chi connectivity index (χ4n) is 1.06. The summed E-state index contributed by atoms with van der Waals surface area (Å²) in [6.07, 6.45) is -2.02. The van der Waals surface area contributed by atoms with Crippen LogP contribution in [-0.2, 0) is 19.7 Å². The molecule has 0 fully saturated rings. The minimum Gasteiger partial charge on any atom is -0.330 e. The summed E-state index contributed by atoms with van der Waals surface area (Å²) in [4.78, 5) is 0. The number of nitrogens with two attached hydrogens (primary N) is 1. The van der Waals surface area contributed by atoms with E-state index in [9.17, 15) is 43.2 Å². The SMILES string of the molecule is NCCCC(S(=O)(=O)C(F)(F)F)S(=O)(=O)C(F)(F)F. The molecule has 13 heteroatoms. The molecule has 5 nitrogen and oxygen atoms in total. The number of alkyl halides is 6. The first-order valence-electron chi connectivity index (χ1n) is 4.50. The molecule has 0 rings (SSSR count). The summed E-state index contributed by atoms with van der Waals surface area (Å²) >= 11 is 0. The molecule has 0 aromatic rings. The Morgan fingerprint density at radius 3 is 1.37 bits per heavy atom. The van der Waals surface area contributed by atoms with Gasteiger partial charge in [0.05, 0.1) is 0 Å². The summed E-state index contributed by atoms with van der Waals surface area (Å²) < 4.78 is 113. The zero-order valence-corrected chi connectivity index (χ0v) is 10.6. The number of rotatable bonds is 5. The van der Waals surface area contributed by atoms with Gasteiger partial charge < -0.3 is 5.73 Å². The van der Waals surface area contributed by atoms with Gasteiger partial charge in [-0.15, -0.1) is 0 Å². The molecule has 0 saturated carbocycles. The Morgan fingerprint density at radius 2 is 1.16 bits per heavy atom. The van der Waals surface area contributed by atoms with Crippen LogP contribution in [0.2, 0.25) is 0 Å². The van der Waals surface area contributed by atoms with Crippen molar-refractivity contribution < 1.29 is 43.2 Å². The van der Waals surface area contributed by atoms with Crippen LogP contribution in [0.3, 0.4) is 0 Å². The van der Waals surface area contributed by atoms with E-state index in [4.69, 9.17) is 5.73 Å². The zero-order chi connectivity index (χ0) is 15.7. The Kier molecular flexibility index (Phi) is 5.28. The van der Waals surface area contributed by atoms with Gasteiger partial charge in [-0.05, 0) is 19.4 Å². The molecule has 0 amide bonds. The lowest BCUT2D eigenvalue weighted by molar-refractivity contribution is -0.0472. The van der Waals surface area contributed by atoms with E-state index in [1.54, 1.807) is 0 Å². The molecular formula is C6H9F6NO4S2. The molecule has 0 spiro atoms. The molecule has 0 radical (unpaired) electrons. The molecule has 19 heavy (non-hydrogen) atoms. The van der Waals surface area contributed by atoms with Crippen LogP contribution in [0.15, 0.2) is 0 Å². The lowest BCUT2D eigenvalue weighted by Gasteiger charge is -2.20. The highest BCUT2D eigenvalue weighted by atomic mass is 32.3. The van der Waals surface area contributed by atoms with Gasteiger partial charge in [-0.1, -0.05) is 0 Å². The van der Waals surface area contributed by atoms with Gasteiger partial charge in [0, 0.05) is 0 Å². The van der Waals surface area contributed by atoms with Gasteiger partial charge in [-0.25, -0.2) is 16.8 Å². The molecule has 0 aliphatic carbocycles. The van der Waals surface area contributed by atoms with Gasteiger partial charge in [0.1, 0.15) is 0 Å². The number of hydrogen-bond donors (Lipinski definition) is 1. The van der Waals surface area contributed by atoms with Gasteiger partial charge in [0.2, 0.25) is 0 Å². The third-order valence-corrected chi connectivity index (χ3v) is 6.65. The summed E-state index contributed by atoms with van der Waals surface area (Å²) in [5.41, 5.74) is -7.38. The van der Waals surface area contributed by atoms with Crippen molar-refractivity contribution >= 4 is 19.7 Å². The molecule has 0 aliphatic rings. The van der Waals surface area contributed by atoms with Gasteiger partial charge in [-0.2, -0.15) is 26.3 Å². The molecule has 0 bridgehead atoms. The summed E-state index contributed by atoms with van der Waals surface area (Å²) in [5, 5.41) is 0. The van der Waals surface area contributed by atoms with Crippen molar-refractivity contribution in [3.8, 4) is 0 Å². The van der Waals surface area contributed by atoms with Crippen molar-refractivity contribution in [2.75, 3.05) is 6.54 Å². The monoisotopic (exact) mass is 337 g/mol. The molecule has 0 aromatic carbocycles. The second-order valence-electron chi connectivity index (χ2n) is 3.34. The highest BCUT2D eigenvalue weighted by Gasteiger charge is 2.62. The van der Waals surface area contributed by atoms with Crippen molar-refractivity contribution in [3.05, 3.63) is 0 Å². The standard InChI is InChI=1S/C6H9F6NO4S2/c7-5(8,9)18(14,15)4(2-1-3-13)19(16,17)6(10,11)12/h4H,1-3,13H2. The van der Waals surface area contributed by atoms with Crippen molar-refractivity contribution in [1.82, 2.24) is 0 Å². The highest BCUT2D eigenvalue weighted by molar-refractivity contribution is 8.09. The maximum absolute atomic E-state index is 12.2. The van der Waals surface area contributed by atoms with E-state index in [0.717, 1.165) is 0 Å². The predicted octanol–water partition coefficient (Wildman–Crippen LogP) is 0.921. The molecule has 0 unspecified atom stereocenters. The minimum atomic E-state index is -6.52. The molecule has 0 aliphatic heterocycles. The van der Waals surface area contributed by atoms with E-state index in [-0.39, 0.29) is 0 Å². The number of halogens is 6. The predicted molar refractivity (Wildman–Crippen MR) is 52.0 cm³/mol. The van der Waals surface area contributed by atoms with Crippen LogP contribution >= 0.6 is 0 Å². The maximum atomic E-state index is 12.2. The largest absolute Gasteiger partial charge is 0.498 e. The number of sulfone groups is 2. The number of hydrogen-bond acceptors (Lipinski definition) is 5. The molecular weight excluding hydrogens is 328 g/mol. The van der Waals surface area contributed by atoms with E-state index in [2.05, 4.69) is 0 Å². The van der Waals surface area contributed by atoms with Crippen LogP contribution in [0, 0.1) is 0 Å². The van der Waals surface area contributed by atoms with Crippen molar-refractivity contribution in [3.63, 3.8) is 0 Å². The van der Waals surface area contributed by atoms with Crippen molar-refractivity contribution in [2.24, 2.45) is 5.73 Å². The lowest BCUT2D eigenvalue weighted by atomic mass is 10.3. The molecule has 116 valence electrons. The van der Waals surface area contributed by atoms with Crippen molar-refractivity contribution in [1.29, 1.82) is 0 Å². The van der Waals surface area contributed by atoms with Crippen LogP contribution in [-0.4, -0.2) is 39.0 Å². The Labute approximate surface area is 104 Å². The normalized spacial score (nSPS) is 14.9. The van der Waals surface area contributed by atoms with Gasteiger partial charge in [0.25, 0.3) is 19.7 Å². The summed E-state index contributed by atoms with van der Waals surface area (Å²) in [7, 11) is -13.0. The van der Waals surface area contributed by atoms with E-state index < -0.39 is 54.7 Å². The first-order valence-corrected chi connectivity index (χ1v) is 7.59. The van der Waals surface area contributed by atoms with Crippen molar-refractivity contribution in [2.45, 2.75) is 28.4 Å². The Morgan fingerprint density at radius 1 is 0.842 bits per heavy atom. The van der Waals surface area contributed by atoms with E-state index in [0.29, 0.717) is 0 Å². The topological polar surface area (TPSA) is 94.3 Å². The Hall–Kier alpha value is -0.560. The summed E-state index contributed by atoms with van der Waals surface area (Å²) in [6.45, 7) is -0.461. The second-order valence-corrected chi connectivity index (χ2v) is 7.88.